The fraction of sp³-hybridized carbons (Fsp3) is 0.133. The fourth-order valence-electron chi connectivity index (χ4n) is 1.62. The summed E-state index contributed by atoms with van der Waals surface area (Å²) < 4.78 is 4.81. The lowest BCUT2D eigenvalue weighted by Gasteiger charge is -2.07. The number of hydrogen-bond acceptors (Lipinski definition) is 5. The van der Waals surface area contributed by atoms with Gasteiger partial charge in [0.15, 0.2) is 6.61 Å². The lowest BCUT2D eigenvalue weighted by Crippen LogP contribution is -2.41. The zero-order chi connectivity index (χ0) is 16.7. The zero-order valence-electron chi connectivity index (χ0n) is 11.9. The minimum atomic E-state index is -0.718. The third kappa shape index (κ3) is 5.72. The van der Waals surface area contributed by atoms with Crippen LogP contribution in [0.4, 0.5) is 4.79 Å². The Hall–Kier alpha value is -2.38. The van der Waals surface area contributed by atoms with Crippen LogP contribution in [0.25, 0.3) is 0 Å². The molecule has 0 aliphatic heterocycles. The molecule has 3 amide bonds. The van der Waals surface area contributed by atoms with Crippen LogP contribution < -0.4 is 10.6 Å². The number of thiophene rings is 1. The lowest BCUT2D eigenvalue weighted by molar-refractivity contribution is -0.123. The summed E-state index contributed by atoms with van der Waals surface area (Å²) in [5.41, 5.74) is 0.229. The molecule has 0 saturated heterocycles. The molecule has 0 saturated carbocycles. The highest BCUT2D eigenvalue weighted by Gasteiger charge is 2.12. The molecule has 0 radical (unpaired) electrons. The Labute approximate surface area is 141 Å². The molecule has 0 unspecified atom stereocenters. The van der Waals surface area contributed by atoms with Crippen molar-refractivity contribution >= 4 is 40.8 Å². The Morgan fingerprint density at radius 2 is 2.00 bits per heavy atom. The van der Waals surface area contributed by atoms with E-state index in [2.05, 4.69) is 10.6 Å². The van der Waals surface area contributed by atoms with E-state index in [9.17, 15) is 14.4 Å². The van der Waals surface area contributed by atoms with Gasteiger partial charge in [0.1, 0.15) is 0 Å². The van der Waals surface area contributed by atoms with E-state index in [0.717, 1.165) is 4.88 Å². The summed E-state index contributed by atoms with van der Waals surface area (Å²) in [6.07, 6.45) is 0. The number of halogens is 1. The minimum absolute atomic E-state index is 0.229. The fourth-order valence-corrected chi connectivity index (χ4v) is 2.45. The minimum Gasteiger partial charge on any atom is -0.452 e. The van der Waals surface area contributed by atoms with Gasteiger partial charge in [-0.05, 0) is 29.6 Å². The van der Waals surface area contributed by atoms with Crippen molar-refractivity contribution < 1.29 is 19.1 Å². The van der Waals surface area contributed by atoms with Gasteiger partial charge in [-0.25, -0.2) is 9.59 Å². The maximum absolute atomic E-state index is 11.7. The van der Waals surface area contributed by atoms with Crippen LogP contribution in [0.2, 0.25) is 5.02 Å². The maximum atomic E-state index is 11.7. The molecule has 0 spiro atoms. The van der Waals surface area contributed by atoms with Crippen molar-refractivity contribution in [2.45, 2.75) is 6.54 Å². The first-order valence-corrected chi connectivity index (χ1v) is 7.83. The van der Waals surface area contributed by atoms with E-state index in [1.165, 1.54) is 23.5 Å². The molecule has 2 aromatic rings. The van der Waals surface area contributed by atoms with Gasteiger partial charge in [0, 0.05) is 9.90 Å². The van der Waals surface area contributed by atoms with E-state index in [-0.39, 0.29) is 5.56 Å². The molecule has 0 bridgehead atoms. The van der Waals surface area contributed by atoms with Crippen molar-refractivity contribution in [1.82, 2.24) is 10.6 Å². The molecule has 0 aliphatic carbocycles. The van der Waals surface area contributed by atoms with E-state index >= 15 is 0 Å². The molecule has 1 aromatic carbocycles. The number of benzene rings is 1. The van der Waals surface area contributed by atoms with Gasteiger partial charge < -0.3 is 10.1 Å². The van der Waals surface area contributed by atoms with Crippen LogP contribution in [0.1, 0.15) is 15.2 Å². The molecular formula is C15H13ClN2O4S. The third-order valence-corrected chi connectivity index (χ3v) is 3.76. The van der Waals surface area contributed by atoms with Crippen LogP contribution in [-0.4, -0.2) is 24.5 Å². The number of hydrogen-bond donors (Lipinski definition) is 2. The van der Waals surface area contributed by atoms with Crippen LogP contribution in [0, 0.1) is 0 Å². The van der Waals surface area contributed by atoms with Crippen molar-refractivity contribution in [2.75, 3.05) is 6.61 Å². The summed E-state index contributed by atoms with van der Waals surface area (Å²) in [7, 11) is 0. The van der Waals surface area contributed by atoms with E-state index in [0.29, 0.717) is 11.6 Å². The number of nitrogens with one attached hydrogen (secondary N) is 2. The normalized spacial score (nSPS) is 9.96. The van der Waals surface area contributed by atoms with Crippen LogP contribution in [0.15, 0.2) is 41.8 Å². The highest BCUT2D eigenvalue weighted by Crippen LogP contribution is 2.11. The first kappa shape index (κ1) is 17.0. The highest BCUT2D eigenvalue weighted by atomic mass is 35.5. The number of carbonyl (C=O) groups is 3. The van der Waals surface area contributed by atoms with Crippen LogP contribution in [0.5, 0.6) is 0 Å². The number of esters is 1. The first-order valence-electron chi connectivity index (χ1n) is 6.57. The van der Waals surface area contributed by atoms with Gasteiger partial charge >= 0.3 is 12.0 Å². The summed E-state index contributed by atoms with van der Waals surface area (Å²) in [5.74, 6) is -1.41. The maximum Gasteiger partial charge on any atom is 0.338 e. The number of carbonyl (C=O) groups excluding carboxylic acids is 3. The number of rotatable bonds is 5. The molecular weight excluding hydrogens is 340 g/mol. The second-order valence-electron chi connectivity index (χ2n) is 4.40. The molecule has 120 valence electrons. The van der Waals surface area contributed by atoms with E-state index in [1.807, 2.05) is 17.5 Å². The summed E-state index contributed by atoms with van der Waals surface area (Å²) in [6.45, 7) is -0.239. The molecule has 23 heavy (non-hydrogen) atoms. The molecule has 0 atom stereocenters. The Balaban J connectivity index is 1.72. The van der Waals surface area contributed by atoms with Crippen molar-refractivity contribution in [2.24, 2.45) is 0 Å². The molecule has 2 N–H and O–H groups in total. The number of urea groups is 1. The van der Waals surface area contributed by atoms with Crippen molar-refractivity contribution in [3.05, 3.63) is 57.2 Å². The Kier molecular flexibility index (Phi) is 6.13. The first-order chi connectivity index (χ1) is 11.0. The van der Waals surface area contributed by atoms with Gasteiger partial charge in [0.05, 0.1) is 12.1 Å². The van der Waals surface area contributed by atoms with Crippen molar-refractivity contribution in [3.8, 4) is 0 Å². The van der Waals surface area contributed by atoms with Crippen LogP contribution in [0.3, 0.4) is 0 Å². The quantitative estimate of drug-likeness (QED) is 0.810. The number of ether oxygens (including phenoxy) is 1. The predicted octanol–water partition coefficient (Wildman–Crippen LogP) is 2.58. The van der Waals surface area contributed by atoms with Crippen LogP contribution >= 0.6 is 22.9 Å². The Morgan fingerprint density at radius 3 is 2.70 bits per heavy atom. The number of amides is 3. The van der Waals surface area contributed by atoms with Crippen molar-refractivity contribution in [1.29, 1.82) is 0 Å². The molecule has 1 heterocycles. The largest absolute Gasteiger partial charge is 0.452 e. The van der Waals surface area contributed by atoms with E-state index in [1.54, 1.807) is 12.1 Å². The summed E-state index contributed by atoms with van der Waals surface area (Å²) in [4.78, 5) is 35.7. The average Bonchev–Trinajstić information content (AvgIpc) is 3.04. The topological polar surface area (TPSA) is 84.5 Å². The smallest absolute Gasteiger partial charge is 0.338 e. The summed E-state index contributed by atoms with van der Waals surface area (Å²) in [5, 5.41) is 6.87. The van der Waals surface area contributed by atoms with E-state index < -0.39 is 24.5 Å². The predicted molar refractivity (Wildman–Crippen MR) is 86.4 cm³/mol. The molecule has 8 heteroatoms. The second kappa shape index (κ2) is 8.30. The second-order valence-corrected chi connectivity index (χ2v) is 5.87. The van der Waals surface area contributed by atoms with Gasteiger partial charge in [0.25, 0.3) is 5.91 Å². The van der Waals surface area contributed by atoms with Gasteiger partial charge in [-0.2, -0.15) is 0 Å². The lowest BCUT2D eigenvalue weighted by atomic mass is 10.2. The van der Waals surface area contributed by atoms with E-state index in [4.69, 9.17) is 16.3 Å². The van der Waals surface area contributed by atoms with Gasteiger partial charge in [-0.15, -0.1) is 11.3 Å². The highest BCUT2D eigenvalue weighted by molar-refractivity contribution is 7.09. The summed E-state index contributed by atoms with van der Waals surface area (Å²) >= 11 is 7.25. The third-order valence-electron chi connectivity index (χ3n) is 2.65. The molecule has 2 rings (SSSR count). The molecule has 6 nitrogen and oxygen atoms in total. The SMILES string of the molecule is O=C(COC(=O)c1cccc(Cl)c1)NC(=O)NCc1cccs1. The standard InChI is InChI=1S/C15H13ClN2O4S/c16-11-4-1-3-10(7-11)14(20)22-9-13(19)18-15(21)17-8-12-5-2-6-23-12/h1-7H,8-9H2,(H2,17,18,19,21). The van der Waals surface area contributed by atoms with Gasteiger partial charge in [0.2, 0.25) is 0 Å². The van der Waals surface area contributed by atoms with Crippen molar-refractivity contribution in [3.63, 3.8) is 0 Å². The molecule has 0 aliphatic rings. The monoisotopic (exact) mass is 352 g/mol. The zero-order valence-corrected chi connectivity index (χ0v) is 13.4. The van der Waals surface area contributed by atoms with Gasteiger partial charge in [-0.1, -0.05) is 23.7 Å². The Morgan fingerprint density at radius 1 is 1.17 bits per heavy atom. The van der Waals surface area contributed by atoms with Gasteiger partial charge in [-0.3, -0.25) is 10.1 Å². The summed E-state index contributed by atoms with van der Waals surface area (Å²) in [6, 6.07) is 9.22. The molecule has 1 aromatic heterocycles. The number of imide groups is 1. The average molecular weight is 353 g/mol. The Bertz CT molecular complexity index is 703. The molecule has 0 fully saturated rings. The van der Waals surface area contributed by atoms with Crippen LogP contribution in [-0.2, 0) is 16.1 Å².